The second-order valence-corrected chi connectivity index (χ2v) is 5.09. The van der Waals surface area contributed by atoms with Gasteiger partial charge < -0.3 is 14.6 Å². The van der Waals surface area contributed by atoms with E-state index in [2.05, 4.69) is 4.99 Å². The van der Waals surface area contributed by atoms with Gasteiger partial charge in [-0.15, -0.1) is 0 Å². The van der Waals surface area contributed by atoms with Gasteiger partial charge in [0.15, 0.2) is 11.5 Å². The molecule has 24 heavy (non-hydrogen) atoms. The van der Waals surface area contributed by atoms with Crippen molar-refractivity contribution in [1.29, 1.82) is 0 Å². The Bertz CT molecular complexity index is 764. The van der Waals surface area contributed by atoms with Crippen molar-refractivity contribution in [2.75, 3.05) is 20.3 Å². The van der Waals surface area contributed by atoms with Crippen LogP contribution in [0, 0.1) is 10.1 Å². The van der Waals surface area contributed by atoms with E-state index in [1.807, 2.05) is 12.1 Å². The van der Waals surface area contributed by atoms with Crippen LogP contribution in [0.3, 0.4) is 0 Å². The van der Waals surface area contributed by atoms with Gasteiger partial charge >= 0.3 is 5.69 Å². The fraction of sp³-hybridized carbons (Fsp3) is 0.188. The minimum Gasteiger partial charge on any atom is -0.502 e. The number of aromatic hydroxyl groups is 1. The number of phenols is 1. The lowest BCUT2D eigenvalue weighted by molar-refractivity contribution is -0.385. The molecule has 0 aliphatic heterocycles. The van der Waals surface area contributed by atoms with Crippen LogP contribution in [0.5, 0.6) is 17.2 Å². The largest absolute Gasteiger partial charge is 0.502 e. The van der Waals surface area contributed by atoms with Gasteiger partial charge in [-0.25, -0.2) is 0 Å². The van der Waals surface area contributed by atoms with Crippen LogP contribution in [0.25, 0.3) is 0 Å². The Balaban J connectivity index is 1.99. The molecular formula is C16H15ClN2O5. The molecule has 0 amide bonds. The molecule has 0 fully saturated rings. The second kappa shape index (κ2) is 8.16. The highest BCUT2D eigenvalue weighted by Crippen LogP contribution is 2.32. The normalized spacial score (nSPS) is 10.8. The molecule has 8 heteroatoms. The third-order valence-electron chi connectivity index (χ3n) is 3.06. The fourth-order valence-electron chi connectivity index (χ4n) is 1.95. The lowest BCUT2D eigenvalue weighted by atomic mass is 10.2. The quantitative estimate of drug-likeness (QED) is 0.357. The number of nitrogens with zero attached hydrogens (tertiary/aromatic N) is 2. The second-order valence-electron chi connectivity index (χ2n) is 4.65. The average Bonchev–Trinajstić information content (AvgIpc) is 2.57. The number of hydrogen-bond acceptors (Lipinski definition) is 6. The first kappa shape index (κ1) is 17.6. The van der Waals surface area contributed by atoms with Crippen LogP contribution in [-0.4, -0.2) is 36.5 Å². The minimum absolute atomic E-state index is 0.145. The van der Waals surface area contributed by atoms with Gasteiger partial charge in [0.2, 0.25) is 5.75 Å². The summed E-state index contributed by atoms with van der Waals surface area (Å²) in [6, 6.07) is 9.69. The molecule has 2 aromatic rings. The van der Waals surface area contributed by atoms with Crippen LogP contribution in [0.4, 0.5) is 5.69 Å². The number of hydrogen-bond donors (Lipinski definition) is 1. The van der Waals surface area contributed by atoms with Crippen LogP contribution < -0.4 is 9.47 Å². The number of para-hydroxylation sites is 2. The molecule has 0 saturated heterocycles. The minimum atomic E-state index is -0.705. The maximum Gasteiger partial charge on any atom is 0.312 e. The number of methoxy groups -OCH3 is 1. The molecule has 126 valence electrons. The fourth-order valence-corrected chi connectivity index (χ4v) is 2.17. The van der Waals surface area contributed by atoms with E-state index in [-0.39, 0.29) is 23.7 Å². The van der Waals surface area contributed by atoms with Crippen LogP contribution in [0.1, 0.15) is 5.56 Å². The summed E-state index contributed by atoms with van der Waals surface area (Å²) < 4.78 is 10.7. The van der Waals surface area contributed by atoms with E-state index in [1.54, 1.807) is 19.2 Å². The summed E-state index contributed by atoms with van der Waals surface area (Å²) in [4.78, 5) is 14.2. The number of halogens is 1. The van der Waals surface area contributed by atoms with E-state index in [0.29, 0.717) is 11.5 Å². The van der Waals surface area contributed by atoms with Crippen LogP contribution >= 0.6 is 11.6 Å². The van der Waals surface area contributed by atoms with Crippen molar-refractivity contribution < 1.29 is 19.5 Å². The van der Waals surface area contributed by atoms with Crippen LogP contribution in [0.15, 0.2) is 41.4 Å². The van der Waals surface area contributed by atoms with Crippen molar-refractivity contribution >= 4 is 23.5 Å². The molecule has 0 saturated carbocycles. The number of ether oxygens (including phenoxy) is 2. The number of phenolic OH excluding ortho intramolecular Hbond substituents is 1. The predicted octanol–water partition coefficient (Wildman–Crippen LogP) is 3.46. The molecule has 0 spiro atoms. The summed E-state index contributed by atoms with van der Waals surface area (Å²) in [5.41, 5.74) is -0.291. The highest BCUT2D eigenvalue weighted by molar-refractivity contribution is 6.31. The summed E-state index contributed by atoms with van der Waals surface area (Å²) in [7, 11) is 1.55. The summed E-state index contributed by atoms with van der Waals surface area (Å²) in [5, 5.41) is 20.8. The van der Waals surface area contributed by atoms with E-state index in [0.717, 1.165) is 6.07 Å². The number of aliphatic imine (C=N–C) groups is 1. The van der Waals surface area contributed by atoms with Crippen molar-refractivity contribution in [2.45, 2.75) is 0 Å². The van der Waals surface area contributed by atoms with E-state index >= 15 is 0 Å². The molecular weight excluding hydrogens is 336 g/mol. The lowest BCUT2D eigenvalue weighted by Gasteiger charge is -2.08. The summed E-state index contributed by atoms with van der Waals surface area (Å²) in [6.45, 7) is 0.568. The molecule has 1 N–H and O–H groups in total. The van der Waals surface area contributed by atoms with Gasteiger partial charge in [-0.1, -0.05) is 23.7 Å². The van der Waals surface area contributed by atoms with Gasteiger partial charge in [-0.2, -0.15) is 0 Å². The topological polar surface area (TPSA) is 94.2 Å². The Morgan fingerprint density at radius 2 is 2.04 bits per heavy atom. The maximum atomic E-state index is 10.8. The van der Waals surface area contributed by atoms with Crippen molar-refractivity contribution in [3.8, 4) is 17.2 Å². The van der Waals surface area contributed by atoms with E-state index in [9.17, 15) is 15.2 Å². The monoisotopic (exact) mass is 350 g/mol. The maximum absolute atomic E-state index is 10.8. The number of benzene rings is 2. The Hall–Kier alpha value is -2.80. The predicted molar refractivity (Wildman–Crippen MR) is 90.7 cm³/mol. The molecule has 0 aliphatic carbocycles. The van der Waals surface area contributed by atoms with Crippen molar-refractivity contribution in [3.05, 3.63) is 57.1 Å². The van der Waals surface area contributed by atoms with E-state index in [4.69, 9.17) is 21.1 Å². The smallest absolute Gasteiger partial charge is 0.312 e. The van der Waals surface area contributed by atoms with E-state index < -0.39 is 16.4 Å². The Morgan fingerprint density at radius 3 is 2.71 bits per heavy atom. The number of nitro benzene ring substituents is 1. The first-order valence-electron chi connectivity index (χ1n) is 6.95. The molecule has 0 radical (unpaired) electrons. The van der Waals surface area contributed by atoms with Crippen LogP contribution in [-0.2, 0) is 0 Å². The van der Waals surface area contributed by atoms with Crippen molar-refractivity contribution in [3.63, 3.8) is 0 Å². The zero-order chi connectivity index (χ0) is 17.5. The Morgan fingerprint density at radius 1 is 1.33 bits per heavy atom. The summed E-state index contributed by atoms with van der Waals surface area (Å²) >= 11 is 5.80. The molecule has 2 aromatic carbocycles. The molecule has 0 atom stereocenters. The molecule has 2 rings (SSSR count). The third-order valence-corrected chi connectivity index (χ3v) is 3.28. The van der Waals surface area contributed by atoms with Gasteiger partial charge in [-0.3, -0.25) is 15.1 Å². The molecule has 0 bridgehead atoms. The Kier molecular flexibility index (Phi) is 5.97. The van der Waals surface area contributed by atoms with Gasteiger partial charge in [0.25, 0.3) is 0 Å². The molecule has 0 aromatic heterocycles. The number of rotatable bonds is 7. The highest BCUT2D eigenvalue weighted by atomic mass is 35.5. The molecule has 0 heterocycles. The molecule has 7 nitrogen and oxygen atoms in total. The van der Waals surface area contributed by atoms with Gasteiger partial charge in [0.1, 0.15) is 6.61 Å². The third kappa shape index (κ3) is 4.36. The average molecular weight is 351 g/mol. The first-order chi connectivity index (χ1) is 11.5. The van der Waals surface area contributed by atoms with Gasteiger partial charge in [-0.05, 0) is 18.2 Å². The van der Waals surface area contributed by atoms with E-state index in [1.165, 1.54) is 12.3 Å². The van der Waals surface area contributed by atoms with Crippen molar-refractivity contribution in [2.24, 2.45) is 4.99 Å². The lowest BCUT2D eigenvalue weighted by Crippen LogP contribution is -2.02. The van der Waals surface area contributed by atoms with Crippen LogP contribution in [0.2, 0.25) is 5.02 Å². The zero-order valence-electron chi connectivity index (χ0n) is 12.8. The summed E-state index contributed by atoms with van der Waals surface area (Å²) in [5.74, 6) is 0.736. The zero-order valence-corrected chi connectivity index (χ0v) is 13.6. The highest BCUT2D eigenvalue weighted by Gasteiger charge is 2.17. The standard InChI is InChI=1S/C16H15ClN2O5/c1-23-14-4-2-3-5-15(14)24-7-6-18-10-11-8-12(17)9-13(16(11)20)19(21)22/h2-5,8-10,20H,6-7H2,1H3. The first-order valence-corrected chi connectivity index (χ1v) is 7.33. The SMILES string of the molecule is COc1ccccc1OCCN=Cc1cc(Cl)cc([N+](=O)[O-])c1O. The van der Waals surface area contributed by atoms with Gasteiger partial charge in [0, 0.05) is 22.9 Å². The number of nitro groups is 1. The van der Waals surface area contributed by atoms with Gasteiger partial charge in [0.05, 0.1) is 18.6 Å². The molecule has 0 unspecified atom stereocenters. The Labute approximate surface area is 143 Å². The molecule has 0 aliphatic rings. The summed E-state index contributed by atoms with van der Waals surface area (Å²) in [6.07, 6.45) is 1.32. The van der Waals surface area contributed by atoms with Crippen molar-refractivity contribution in [1.82, 2.24) is 0 Å².